The Morgan fingerprint density at radius 3 is 2.30 bits per heavy atom. The molecular weight excluding hydrogens is 252 g/mol. The Morgan fingerprint density at radius 1 is 1.20 bits per heavy atom. The molecule has 1 aromatic rings. The van der Waals surface area contributed by atoms with Crippen molar-refractivity contribution in [2.45, 2.75) is 0 Å². The molecule has 5 heteroatoms. The van der Waals surface area contributed by atoms with Gasteiger partial charge in [-0.1, -0.05) is 0 Å². The normalized spacial score (nSPS) is 10.1. The van der Waals surface area contributed by atoms with Gasteiger partial charge in [-0.25, -0.2) is 0 Å². The van der Waals surface area contributed by atoms with Gasteiger partial charge in [-0.05, 0) is 24.3 Å². The first-order valence-electron chi connectivity index (χ1n) is 6.25. The van der Waals surface area contributed by atoms with Gasteiger partial charge < -0.3 is 14.5 Å². The largest absolute Gasteiger partial charge is 0.488 e. The lowest BCUT2D eigenvalue weighted by molar-refractivity contribution is -0.870. The zero-order valence-electron chi connectivity index (χ0n) is 12.1. The molecule has 0 aliphatic heterocycles. The van der Waals surface area contributed by atoms with Gasteiger partial charge in [0.2, 0.25) is 0 Å². The number of benzene rings is 1. The summed E-state index contributed by atoms with van der Waals surface area (Å²) < 4.78 is 6.50. The molecule has 0 spiro atoms. The minimum atomic E-state index is 0.0354. The highest BCUT2D eigenvalue weighted by atomic mass is 16.5. The zero-order valence-corrected chi connectivity index (χ0v) is 12.1. The van der Waals surface area contributed by atoms with Crippen LogP contribution in [0.1, 0.15) is 0 Å². The maximum absolute atomic E-state index is 8.61. The van der Waals surface area contributed by atoms with E-state index in [-0.39, 0.29) is 5.57 Å². The minimum Gasteiger partial charge on any atom is -0.488 e. The van der Waals surface area contributed by atoms with Crippen LogP contribution in [0.2, 0.25) is 0 Å². The molecule has 5 nitrogen and oxygen atoms in total. The average molecular weight is 271 g/mol. The Morgan fingerprint density at radius 2 is 1.80 bits per heavy atom. The second-order valence-corrected chi connectivity index (χ2v) is 5.31. The number of hydrogen-bond donors (Lipinski definition) is 1. The molecule has 0 aliphatic carbocycles. The van der Waals surface area contributed by atoms with E-state index >= 15 is 0 Å². The molecule has 20 heavy (non-hydrogen) atoms. The van der Waals surface area contributed by atoms with Crippen molar-refractivity contribution in [1.29, 1.82) is 10.5 Å². The van der Waals surface area contributed by atoms with Gasteiger partial charge in [0.25, 0.3) is 0 Å². The van der Waals surface area contributed by atoms with Crippen molar-refractivity contribution in [3.8, 4) is 17.9 Å². The topological polar surface area (TPSA) is 68.8 Å². The number of hydrogen-bond acceptors (Lipinski definition) is 4. The van der Waals surface area contributed by atoms with E-state index in [4.69, 9.17) is 15.3 Å². The maximum Gasteiger partial charge on any atom is 0.145 e. The first kappa shape index (κ1) is 15.6. The summed E-state index contributed by atoms with van der Waals surface area (Å²) in [5.74, 6) is 0.800. The van der Waals surface area contributed by atoms with Crippen molar-refractivity contribution in [1.82, 2.24) is 0 Å². The summed E-state index contributed by atoms with van der Waals surface area (Å²) in [5.41, 5.74) is 0.834. The lowest BCUT2D eigenvalue weighted by Crippen LogP contribution is -2.38. The van der Waals surface area contributed by atoms with Gasteiger partial charge in [0.05, 0.1) is 21.1 Å². The van der Waals surface area contributed by atoms with Crippen molar-refractivity contribution in [3.63, 3.8) is 0 Å². The Hall–Kier alpha value is -2.50. The van der Waals surface area contributed by atoms with Crippen LogP contribution in [0.25, 0.3) is 0 Å². The van der Waals surface area contributed by atoms with E-state index in [0.717, 1.165) is 22.5 Å². The fraction of sp³-hybridized carbons (Fsp3) is 0.333. The van der Waals surface area contributed by atoms with Gasteiger partial charge in [0, 0.05) is 11.9 Å². The molecule has 1 rings (SSSR count). The number of nitrogens with one attached hydrogen (secondary N) is 1. The van der Waals surface area contributed by atoms with Crippen LogP contribution >= 0.6 is 0 Å². The molecule has 0 heterocycles. The Kier molecular flexibility index (Phi) is 5.58. The average Bonchev–Trinajstić information content (AvgIpc) is 2.40. The molecule has 1 N–H and O–H groups in total. The van der Waals surface area contributed by atoms with Crippen LogP contribution in [0.3, 0.4) is 0 Å². The number of quaternary nitrogens is 1. The van der Waals surface area contributed by atoms with Crippen LogP contribution in [0.4, 0.5) is 5.69 Å². The fourth-order valence-corrected chi connectivity index (χ4v) is 1.33. The number of rotatable bonds is 6. The van der Waals surface area contributed by atoms with Crippen molar-refractivity contribution in [3.05, 3.63) is 36.0 Å². The molecule has 0 aromatic heterocycles. The summed E-state index contributed by atoms with van der Waals surface area (Å²) in [6.45, 7) is 1.58. The summed E-state index contributed by atoms with van der Waals surface area (Å²) in [6.07, 6.45) is 1.38. The first-order valence-corrected chi connectivity index (χ1v) is 6.25. The molecule has 0 unspecified atom stereocenters. The number of likely N-dealkylation sites (N-methyl/N-ethyl adjacent to an activating group) is 1. The van der Waals surface area contributed by atoms with Gasteiger partial charge in [0.15, 0.2) is 0 Å². The Labute approximate surface area is 119 Å². The van der Waals surface area contributed by atoms with Crippen LogP contribution in [0.15, 0.2) is 36.0 Å². The monoisotopic (exact) mass is 271 g/mol. The predicted molar refractivity (Wildman–Crippen MR) is 77.8 cm³/mol. The molecule has 0 amide bonds. The molecule has 0 aliphatic rings. The lowest BCUT2D eigenvalue weighted by Gasteiger charge is -2.23. The summed E-state index contributed by atoms with van der Waals surface area (Å²) in [4.78, 5) is 0. The van der Waals surface area contributed by atoms with Crippen molar-refractivity contribution in [2.75, 3.05) is 39.6 Å². The molecule has 104 valence electrons. The maximum atomic E-state index is 8.61. The van der Waals surface area contributed by atoms with Gasteiger partial charge in [-0.2, -0.15) is 10.5 Å². The lowest BCUT2D eigenvalue weighted by atomic mass is 10.3. The highest BCUT2D eigenvalue weighted by molar-refractivity contribution is 5.51. The van der Waals surface area contributed by atoms with E-state index in [2.05, 4.69) is 26.5 Å². The van der Waals surface area contributed by atoms with Crippen molar-refractivity contribution >= 4 is 5.69 Å². The number of nitrogens with zero attached hydrogens (tertiary/aromatic N) is 3. The first-order chi connectivity index (χ1) is 9.44. The van der Waals surface area contributed by atoms with E-state index in [9.17, 15) is 0 Å². The highest BCUT2D eigenvalue weighted by Gasteiger charge is 2.06. The fourth-order valence-electron chi connectivity index (χ4n) is 1.33. The molecule has 1 aromatic carbocycles. The van der Waals surface area contributed by atoms with Gasteiger partial charge >= 0.3 is 0 Å². The standard InChI is InChI=1S/C15H19N4O/c1-19(2,3)8-9-20-15-6-4-14(5-7-15)18-12-13(10-16)11-17/h4-7,12,18H,8-9H2,1-3H3/q+1. The van der Waals surface area contributed by atoms with E-state index in [1.807, 2.05) is 24.3 Å². The van der Waals surface area contributed by atoms with E-state index < -0.39 is 0 Å². The third kappa shape index (κ3) is 5.90. The summed E-state index contributed by atoms with van der Waals surface area (Å²) in [5, 5.41) is 20.1. The van der Waals surface area contributed by atoms with Crippen LogP contribution in [-0.4, -0.2) is 38.8 Å². The van der Waals surface area contributed by atoms with Crippen molar-refractivity contribution in [2.24, 2.45) is 0 Å². The number of ether oxygens (including phenoxy) is 1. The molecule has 0 fully saturated rings. The highest BCUT2D eigenvalue weighted by Crippen LogP contribution is 2.16. The third-order valence-electron chi connectivity index (χ3n) is 2.51. The smallest absolute Gasteiger partial charge is 0.145 e. The second kappa shape index (κ2) is 7.18. The molecule has 0 saturated heterocycles. The van der Waals surface area contributed by atoms with Gasteiger partial charge in [-0.3, -0.25) is 0 Å². The predicted octanol–water partition coefficient (Wildman–Crippen LogP) is 2.11. The quantitative estimate of drug-likeness (QED) is 0.635. The number of anilines is 1. The summed E-state index contributed by atoms with van der Waals surface area (Å²) in [7, 11) is 6.35. The zero-order chi connectivity index (χ0) is 15.0. The van der Waals surface area contributed by atoms with Gasteiger partial charge in [0.1, 0.15) is 36.6 Å². The van der Waals surface area contributed by atoms with E-state index in [1.54, 1.807) is 12.1 Å². The minimum absolute atomic E-state index is 0.0354. The Bertz CT molecular complexity index is 525. The van der Waals surface area contributed by atoms with Crippen LogP contribution in [0, 0.1) is 22.7 Å². The van der Waals surface area contributed by atoms with Crippen molar-refractivity contribution < 1.29 is 9.22 Å². The Balaban J connectivity index is 2.51. The SMILES string of the molecule is C[N+](C)(C)CCOc1ccc(NC=C(C#N)C#N)cc1. The third-order valence-corrected chi connectivity index (χ3v) is 2.51. The summed E-state index contributed by atoms with van der Waals surface area (Å²) in [6, 6.07) is 11.0. The van der Waals surface area contributed by atoms with Crippen LogP contribution in [0.5, 0.6) is 5.75 Å². The number of nitriles is 2. The van der Waals surface area contributed by atoms with E-state index in [1.165, 1.54) is 6.20 Å². The van der Waals surface area contributed by atoms with Gasteiger partial charge in [-0.15, -0.1) is 0 Å². The van der Waals surface area contributed by atoms with Crippen LogP contribution < -0.4 is 10.1 Å². The second-order valence-electron chi connectivity index (χ2n) is 5.31. The molecular formula is C15H19N4O+. The molecule has 0 bridgehead atoms. The van der Waals surface area contributed by atoms with E-state index in [0.29, 0.717) is 6.61 Å². The molecule has 0 atom stereocenters. The number of allylic oxidation sites excluding steroid dienone is 1. The molecule has 0 radical (unpaired) electrons. The van der Waals surface area contributed by atoms with Crippen LogP contribution in [-0.2, 0) is 0 Å². The summed E-state index contributed by atoms with van der Waals surface area (Å²) >= 11 is 0. The molecule has 0 saturated carbocycles.